The van der Waals surface area contributed by atoms with Gasteiger partial charge in [0.05, 0.1) is 31.5 Å². The number of ether oxygens (including phenoxy) is 1. The third-order valence-corrected chi connectivity index (χ3v) is 3.13. The number of hydrogen-bond acceptors (Lipinski definition) is 4. The second-order valence-electron chi connectivity index (χ2n) is 4.62. The minimum absolute atomic E-state index is 0.131. The number of aliphatic hydroxyl groups is 1. The van der Waals surface area contributed by atoms with Crippen molar-refractivity contribution in [3.8, 4) is 5.75 Å². The smallest absolute Gasteiger partial charge is 0.255 e. The van der Waals surface area contributed by atoms with Crippen LogP contribution in [0, 0.1) is 0 Å². The molecule has 0 radical (unpaired) electrons. The molecule has 1 atom stereocenters. The van der Waals surface area contributed by atoms with E-state index >= 15 is 0 Å². The Morgan fingerprint density at radius 1 is 1.33 bits per heavy atom. The lowest BCUT2D eigenvalue weighted by molar-refractivity contribution is 0.0913. The molecule has 2 N–H and O–H groups in total. The Labute approximate surface area is 123 Å². The van der Waals surface area contributed by atoms with Gasteiger partial charge in [-0.05, 0) is 18.1 Å². The summed E-state index contributed by atoms with van der Waals surface area (Å²) in [7, 11) is 1.49. The zero-order valence-corrected chi connectivity index (χ0v) is 11.8. The van der Waals surface area contributed by atoms with Gasteiger partial charge in [-0.25, -0.2) is 0 Å². The number of benzene rings is 1. The molecule has 1 amide bonds. The fraction of sp³-hybridized carbons (Fsp3) is 0.250. The van der Waals surface area contributed by atoms with Gasteiger partial charge in [0.1, 0.15) is 5.75 Å². The number of nitrogens with zero attached hydrogens (tertiary/aromatic N) is 1. The van der Waals surface area contributed by atoms with E-state index in [1.54, 1.807) is 6.07 Å². The van der Waals surface area contributed by atoms with E-state index in [0.717, 1.165) is 5.56 Å². The normalized spacial score (nSPS) is 11.7. The molecule has 1 aromatic carbocycles. The second kappa shape index (κ2) is 7.40. The maximum absolute atomic E-state index is 12.3. The molecule has 5 nitrogen and oxygen atoms in total. The Kier molecular flexibility index (Phi) is 5.29. The summed E-state index contributed by atoms with van der Waals surface area (Å²) in [6.45, 7) is -0.131. The van der Waals surface area contributed by atoms with Crippen LogP contribution in [-0.2, 0) is 6.42 Å². The minimum atomic E-state index is -0.349. The quantitative estimate of drug-likeness (QED) is 0.842. The first-order chi connectivity index (χ1) is 10.2. The maximum atomic E-state index is 12.3. The van der Waals surface area contributed by atoms with E-state index in [9.17, 15) is 9.90 Å². The molecule has 110 valence electrons. The van der Waals surface area contributed by atoms with Gasteiger partial charge in [0.2, 0.25) is 0 Å². The molecular formula is C16H18N2O3. The first-order valence-corrected chi connectivity index (χ1v) is 6.68. The zero-order chi connectivity index (χ0) is 15.1. The van der Waals surface area contributed by atoms with Crippen LogP contribution < -0.4 is 10.1 Å². The summed E-state index contributed by atoms with van der Waals surface area (Å²) < 4.78 is 5.11. The van der Waals surface area contributed by atoms with Crippen LogP contribution in [0.25, 0.3) is 0 Å². The average molecular weight is 286 g/mol. The Morgan fingerprint density at radius 2 is 2.10 bits per heavy atom. The van der Waals surface area contributed by atoms with Gasteiger partial charge in [-0.15, -0.1) is 0 Å². The number of aliphatic hydroxyl groups excluding tert-OH is 1. The number of carbonyl (C=O) groups is 1. The van der Waals surface area contributed by atoms with Gasteiger partial charge in [0.15, 0.2) is 0 Å². The Balaban J connectivity index is 2.06. The number of carbonyl (C=O) groups excluding carboxylic acids is 1. The van der Waals surface area contributed by atoms with E-state index in [0.29, 0.717) is 17.7 Å². The van der Waals surface area contributed by atoms with Crippen molar-refractivity contribution in [3.63, 3.8) is 0 Å². The van der Waals surface area contributed by atoms with Crippen LogP contribution in [0.15, 0.2) is 48.8 Å². The van der Waals surface area contributed by atoms with Crippen molar-refractivity contribution in [1.29, 1.82) is 0 Å². The van der Waals surface area contributed by atoms with Gasteiger partial charge >= 0.3 is 0 Å². The molecule has 0 aliphatic heterocycles. The largest absolute Gasteiger partial charge is 0.494 e. The Bertz CT molecular complexity index is 587. The fourth-order valence-corrected chi connectivity index (χ4v) is 2.05. The van der Waals surface area contributed by atoms with Crippen LogP contribution in [-0.4, -0.2) is 35.8 Å². The van der Waals surface area contributed by atoms with Crippen LogP contribution in [0.5, 0.6) is 5.75 Å². The molecule has 1 heterocycles. The average Bonchev–Trinajstić information content (AvgIpc) is 2.55. The summed E-state index contributed by atoms with van der Waals surface area (Å²) in [5.41, 5.74) is 1.46. The lowest BCUT2D eigenvalue weighted by Gasteiger charge is -2.17. The molecule has 0 saturated carbocycles. The summed E-state index contributed by atoms with van der Waals surface area (Å²) in [6, 6.07) is 10.9. The third-order valence-electron chi connectivity index (χ3n) is 3.13. The molecular weight excluding hydrogens is 268 g/mol. The molecule has 0 aliphatic rings. The van der Waals surface area contributed by atoms with Gasteiger partial charge in [-0.3, -0.25) is 9.78 Å². The van der Waals surface area contributed by atoms with E-state index in [1.165, 1.54) is 19.5 Å². The van der Waals surface area contributed by atoms with Crippen molar-refractivity contribution in [2.45, 2.75) is 12.5 Å². The number of pyridine rings is 1. The van der Waals surface area contributed by atoms with E-state index in [-0.39, 0.29) is 18.6 Å². The van der Waals surface area contributed by atoms with Crippen molar-refractivity contribution in [3.05, 3.63) is 59.9 Å². The molecule has 1 aromatic heterocycles. The predicted octanol–water partition coefficient (Wildman–Crippen LogP) is 1.42. The first kappa shape index (κ1) is 15.0. The zero-order valence-electron chi connectivity index (χ0n) is 11.8. The Hall–Kier alpha value is -2.40. The van der Waals surface area contributed by atoms with Crippen LogP contribution in [0.3, 0.4) is 0 Å². The molecule has 0 unspecified atom stereocenters. The molecule has 5 heteroatoms. The van der Waals surface area contributed by atoms with Crippen molar-refractivity contribution in [2.24, 2.45) is 0 Å². The highest BCUT2D eigenvalue weighted by Crippen LogP contribution is 2.15. The SMILES string of the molecule is COc1cnccc1C(=O)N[C@H](CO)Cc1ccccc1. The highest BCUT2D eigenvalue weighted by molar-refractivity contribution is 5.96. The monoisotopic (exact) mass is 286 g/mol. The summed E-state index contributed by atoms with van der Waals surface area (Å²) in [6.07, 6.45) is 3.58. The summed E-state index contributed by atoms with van der Waals surface area (Å²) in [5, 5.41) is 12.3. The first-order valence-electron chi connectivity index (χ1n) is 6.68. The summed E-state index contributed by atoms with van der Waals surface area (Å²) >= 11 is 0. The highest BCUT2D eigenvalue weighted by Gasteiger charge is 2.16. The number of amides is 1. The van der Waals surface area contributed by atoms with Gasteiger partial charge in [-0.2, -0.15) is 0 Å². The van der Waals surface area contributed by atoms with Gasteiger partial charge in [-0.1, -0.05) is 30.3 Å². The third kappa shape index (κ3) is 4.03. The van der Waals surface area contributed by atoms with Crippen LogP contribution in [0.2, 0.25) is 0 Å². The number of rotatable bonds is 6. The maximum Gasteiger partial charge on any atom is 0.255 e. The lowest BCUT2D eigenvalue weighted by atomic mass is 10.1. The van der Waals surface area contributed by atoms with Crippen molar-refractivity contribution in [2.75, 3.05) is 13.7 Å². The Morgan fingerprint density at radius 3 is 2.76 bits per heavy atom. The van der Waals surface area contributed by atoms with Crippen LogP contribution >= 0.6 is 0 Å². The number of hydrogen-bond donors (Lipinski definition) is 2. The standard InChI is InChI=1S/C16H18N2O3/c1-21-15-10-17-8-7-14(15)16(20)18-13(11-19)9-12-5-3-2-4-6-12/h2-8,10,13,19H,9,11H2,1H3,(H,18,20)/t13-/m0/s1. The topological polar surface area (TPSA) is 71.5 Å². The predicted molar refractivity (Wildman–Crippen MR) is 79.3 cm³/mol. The number of methoxy groups -OCH3 is 1. The molecule has 21 heavy (non-hydrogen) atoms. The van der Waals surface area contributed by atoms with Crippen molar-refractivity contribution in [1.82, 2.24) is 10.3 Å². The molecule has 2 rings (SSSR count). The van der Waals surface area contributed by atoms with Crippen molar-refractivity contribution >= 4 is 5.91 Å². The molecule has 2 aromatic rings. The molecule has 0 fully saturated rings. The van der Waals surface area contributed by atoms with E-state index in [1.807, 2.05) is 30.3 Å². The molecule has 0 saturated heterocycles. The van der Waals surface area contributed by atoms with Gasteiger partial charge in [0.25, 0.3) is 5.91 Å². The summed E-state index contributed by atoms with van der Waals surface area (Å²) in [5.74, 6) is 0.121. The second-order valence-corrected chi connectivity index (χ2v) is 4.62. The van der Waals surface area contributed by atoms with Gasteiger partial charge in [0, 0.05) is 6.20 Å². The van der Waals surface area contributed by atoms with Crippen LogP contribution in [0.4, 0.5) is 0 Å². The fourth-order valence-electron chi connectivity index (χ4n) is 2.05. The van der Waals surface area contributed by atoms with Crippen molar-refractivity contribution < 1.29 is 14.6 Å². The number of nitrogens with one attached hydrogen (secondary N) is 1. The lowest BCUT2D eigenvalue weighted by Crippen LogP contribution is -2.39. The highest BCUT2D eigenvalue weighted by atomic mass is 16.5. The molecule has 0 spiro atoms. The molecule has 0 bridgehead atoms. The van der Waals surface area contributed by atoms with E-state index in [2.05, 4.69) is 10.3 Å². The van der Waals surface area contributed by atoms with Gasteiger partial charge < -0.3 is 15.2 Å². The summed E-state index contributed by atoms with van der Waals surface area (Å²) in [4.78, 5) is 16.2. The minimum Gasteiger partial charge on any atom is -0.494 e. The van der Waals surface area contributed by atoms with E-state index < -0.39 is 0 Å². The van der Waals surface area contributed by atoms with E-state index in [4.69, 9.17) is 4.74 Å². The van der Waals surface area contributed by atoms with Crippen LogP contribution in [0.1, 0.15) is 15.9 Å². The number of aromatic nitrogens is 1. The molecule has 0 aliphatic carbocycles.